The maximum atomic E-state index is 13.0. The topological polar surface area (TPSA) is 107 Å². The van der Waals surface area contributed by atoms with E-state index in [9.17, 15) is 40.0 Å². The molecular formula is C9H9F5O7S. The Morgan fingerprint density at radius 1 is 1.23 bits per heavy atom. The molecule has 0 aromatic carbocycles. The van der Waals surface area contributed by atoms with Crippen LogP contribution in [0.4, 0.5) is 22.0 Å². The molecule has 0 aliphatic heterocycles. The van der Waals surface area contributed by atoms with Crippen LogP contribution >= 0.6 is 0 Å². The number of halogens is 5. The number of esters is 2. The van der Waals surface area contributed by atoms with E-state index in [4.69, 9.17) is 4.55 Å². The Hall–Kier alpha value is -1.76. The van der Waals surface area contributed by atoms with Gasteiger partial charge >= 0.3 is 33.5 Å². The van der Waals surface area contributed by atoms with Gasteiger partial charge in [0.05, 0.1) is 0 Å². The number of alkyl halides is 5. The average molecular weight is 356 g/mol. The second-order valence-corrected chi connectivity index (χ2v) is 5.30. The lowest BCUT2D eigenvalue weighted by Crippen LogP contribution is -2.52. The Morgan fingerprint density at radius 3 is 2.00 bits per heavy atom. The van der Waals surface area contributed by atoms with Gasteiger partial charge in [-0.1, -0.05) is 6.58 Å². The quantitative estimate of drug-likeness (QED) is 0.328. The summed E-state index contributed by atoms with van der Waals surface area (Å²) in [6, 6.07) is 0. The van der Waals surface area contributed by atoms with Crippen molar-refractivity contribution in [2.75, 3.05) is 6.61 Å². The number of carbonyl (C=O) groups is 2. The van der Waals surface area contributed by atoms with Crippen LogP contribution in [0.15, 0.2) is 12.2 Å². The van der Waals surface area contributed by atoms with E-state index in [0.717, 1.165) is 6.92 Å². The Morgan fingerprint density at radius 2 is 1.68 bits per heavy atom. The van der Waals surface area contributed by atoms with Crippen LogP contribution in [-0.4, -0.2) is 49.1 Å². The molecule has 0 spiro atoms. The highest BCUT2D eigenvalue weighted by Crippen LogP contribution is 2.37. The molecule has 0 saturated carbocycles. The molecule has 0 fully saturated rings. The second kappa shape index (κ2) is 6.56. The Bertz CT molecular complexity index is 565. The van der Waals surface area contributed by atoms with Crippen molar-refractivity contribution < 1.29 is 54.0 Å². The smallest absolute Gasteiger partial charge is 0.432 e. The molecular weight excluding hydrogens is 347 g/mol. The molecule has 128 valence electrons. The third-order valence-electron chi connectivity index (χ3n) is 1.87. The molecule has 0 aromatic heterocycles. The maximum absolute atomic E-state index is 13.0. The highest BCUT2D eigenvalue weighted by atomic mass is 32.2. The summed E-state index contributed by atoms with van der Waals surface area (Å²) < 4.78 is 99.2. The molecule has 0 aliphatic carbocycles. The van der Waals surface area contributed by atoms with E-state index >= 15 is 0 Å². The minimum Gasteiger partial charge on any atom is -0.450 e. The molecule has 1 atom stereocenters. The van der Waals surface area contributed by atoms with Crippen LogP contribution in [0.3, 0.4) is 0 Å². The van der Waals surface area contributed by atoms with Crippen molar-refractivity contribution in [3.8, 4) is 0 Å². The van der Waals surface area contributed by atoms with Crippen LogP contribution < -0.4 is 0 Å². The fourth-order valence-corrected chi connectivity index (χ4v) is 1.33. The van der Waals surface area contributed by atoms with Gasteiger partial charge in [0.1, 0.15) is 0 Å². The molecule has 0 rings (SSSR count). The third-order valence-corrected chi connectivity index (χ3v) is 2.77. The highest BCUT2D eigenvalue weighted by molar-refractivity contribution is 7.86. The normalized spacial score (nSPS) is 14.1. The van der Waals surface area contributed by atoms with Crippen molar-refractivity contribution in [2.45, 2.75) is 24.5 Å². The summed E-state index contributed by atoms with van der Waals surface area (Å²) in [5, 5.41) is -5.85. The van der Waals surface area contributed by atoms with Crippen LogP contribution in [0.25, 0.3) is 0 Å². The van der Waals surface area contributed by atoms with E-state index in [1.807, 2.05) is 0 Å². The lowest BCUT2D eigenvalue weighted by atomic mass is 10.3. The largest absolute Gasteiger partial charge is 0.450 e. The summed E-state index contributed by atoms with van der Waals surface area (Å²) in [7, 11) is -6.53. The van der Waals surface area contributed by atoms with Crippen molar-refractivity contribution in [1.82, 2.24) is 0 Å². The van der Waals surface area contributed by atoms with Crippen molar-refractivity contribution in [2.24, 2.45) is 0 Å². The Balaban J connectivity index is 5.17. The summed E-state index contributed by atoms with van der Waals surface area (Å²) in [5.74, 6) is -3.33. The van der Waals surface area contributed by atoms with Gasteiger partial charge in [0, 0.05) is 5.57 Å². The minimum atomic E-state index is -6.53. The van der Waals surface area contributed by atoms with Gasteiger partial charge in [-0.25, -0.2) is 9.59 Å². The lowest BCUT2D eigenvalue weighted by molar-refractivity contribution is -0.260. The predicted octanol–water partition coefficient (Wildman–Crippen LogP) is 1.06. The van der Waals surface area contributed by atoms with Crippen LogP contribution in [-0.2, 0) is 29.2 Å². The SMILES string of the molecule is C=C(C)C(=O)OCC(=O)OC(C(F)(F)F)C(F)(F)S(=O)(=O)O. The predicted molar refractivity (Wildman–Crippen MR) is 58.2 cm³/mol. The molecule has 1 unspecified atom stereocenters. The molecule has 0 amide bonds. The fraction of sp³-hybridized carbons (Fsp3) is 0.556. The number of rotatable bonds is 6. The summed E-state index contributed by atoms with van der Waals surface area (Å²) >= 11 is 0. The Labute approximate surface area is 120 Å². The zero-order valence-corrected chi connectivity index (χ0v) is 11.5. The zero-order chi connectivity index (χ0) is 17.9. The third kappa shape index (κ3) is 5.22. The monoisotopic (exact) mass is 356 g/mol. The van der Waals surface area contributed by atoms with Crippen molar-refractivity contribution in [1.29, 1.82) is 0 Å². The van der Waals surface area contributed by atoms with Gasteiger partial charge in [0.25, 0.3) is 6.10 Å². The van der Waals surface area contributed by atoms with Gasteiger partial charge < -0.3 is 9.47 Å². The molecule has 0 aliphatic rings. The van der Waals surface area contributed by atoms with Gasteiger partial charge in [0.15, 0.2) is 6.61 Å². The number of carbonyl (C=O) groups excluding carboxylic acids is 2. The van der Waals surface area contributed by atoms with Gasteiger partial charge in [-0.3, -0.25) is 4.55 Å². The maximum Gasteiger partial charge on any atom is 0.432 e. The molecule has 0 bridgehead atoms. The number of hydrogen-bond acceptors (Lipinski definition) is 6. The molecule has 0 heterocycles. The molecule has 22 heavy (non-hydrogen) atoms. The van der Waals surface area contributed by atoms with Gasteiger partial charge in [0.2, 0.25) is 0 Å². The first-order valence-corrected chi connectivity index (χ1v) is 6.48. The summed E-state index contributed by atoms with van der Waals surface area (Å²) in [5.41, 5.74) is -0.247. The van der Waals surface area contributed by atoms with E-state index in [2.05, 4.69) is 16.1 Å². The van der Waals surface area contributed by atoms with Crippen LogP contribution in [0, 0.1) is 0 Å². The molecule has 1 N–H and O–H groups in total. The van der Waals surface area contributed by atoms with Gasteiger partial charge in [-0.05, 0) is 6.92 Å². The summed E-state index contributed by atoms with van der Waals surface area (Å²) in [6.45, 7) is 2.69. The summed E-state index contributed by atoms with van der Waals surface area (Å²) in [6.07, 6.45) is -10.5. The Kier molecular flexibility index (Phi) is 6.03. The van der Waals surface area contributed by atoms with Crippen LogP contribution in [0.5, 0.6) is 0 Å². The van der Waals surface area contributed by atoms with Crippen molar-refractivity contribution in [3.63, 3.8) is 0 Å². The van der Waals surface area contributed by atoms with Gasteiger partial charge in [-0.2, -0.15) is 30.4 Å². The zero-order valence-electron chi connectivity index (χ0n) is 10.7. The first-order valence-electron chi connectivity index (χ1n) is 5.04. The van der Waals surface area contributed by atoms with Gasteiger partial charge in [-0.15, -0.1) is 0 Å². The van der Waals surface area contributed by atoms with E-state index in [0.29, 0.717) is 0 Å². The number of ether oxygens (including phenoxy) is 2. The fourth-order valence-electron chi connectivity index (χ4n) is 0.874. The second-order valence-electron chi connectivity index (χ2n) is 3.80. The first-order chi connectivity index (χ1) is 9.60. The van der Waals surface area contributed by atoms with Crippen LogP contribution in [0.1, 0.15) is 6.92 Å². The standard InChI is InChI=1S/C9H9F5O7S/c1-4(2)6(16)20-3-5(15)21-7(8(10,11)12)9(13,14)22(17,18)19/h7H,1,3H2,2H3,(H,17,18,19). The van der Waals surface area contributed by atoms with E-state index in [1.54, 1.807) is 0 Å². The molecule has 0 saturated heterocycles. The van der Waals surface area contributed by atoms with Crippen molar-refractivity contribution in [3.05, 3.63) is 12.2 Å². The first kappa shape index (κ1) is 20.2. The summed E-state index contributed by atoms with van der Waals surface area (Å²) in [4.78, 5) is 21.8. The van der Waals surface area contributed by atoms with Crippen LogP contribution in [0.2, 0.25) is 0 Å². The molecule has 0 radical (unpaired) electrons. The van der Waals surface area contributed by atoms with Crippen molar-refractivity contribution >= 4 is 22.1 Å². The lowest BCUT2D eigenvalue weighted by Gasteiger charge is -2.25. The average Bonchev–Trinajstić information content (AvgIpc) is 2.29. The number of hydrogen-bond donors (Lipinski definition) is 1. The van der Waals surface area contributed by atoms with E-state index in [-0.39, 0.29) is 5.57 Å². The molecule has 13 heteroatoms. The van der Waals surface area contributed by atoms with E-state index in [1.165, 1.54) is 0 Å². The molecule has 0 aromatic rings. The molecule has 7 nitrogen and oxygen atoms in total. The van der Waals surface area contributed by atoms with E-state index < -0.39 is 46.2 Å². The minimum absolute atomic E-state index is 0.247. The highest BCUT2D eigenvalue weighted by Gasteiger charge is 2.66.